The minimum Gasteiger partial charge on any atom is -0.362 e. The Kier molecular flexibility index (Phi) is 7.34. The fraction of sp³-hybridized carbons (Fsp3) is 0.321. The normalized spacial score (nSPS) is 17.9. The van der Waals surface area contributed by atoms with Crippen molar-refractivity contribution in [1.82, 2.24) is 4.90 Å². The quantitative estimate of drug-likeness (QED) is 0.425. The van der Waals surface area contributed by atoms with Crippen LogP contribution in [-0.2, 0) is 9.59 Å². The summed E-state index contributed by atoms with van der Waals surface area (Å²) < 4.78 is 0. The molecule has 1 saturated heterocycles. The number of hydrogen-bond donors (Lipinski definition) is 1. The van der Waals surface area contributed by atoms with Crippen molar-refractivity contribution >= 4 is 63.4 Å². The van der Waals surface area contributed by atoms with E-state index in [9.17, 15) is 14.4 Å². The Morgan fingerprint density at radius 3 is 2.50 bits per heavy atom. The van der Waals surface area contributed by atoms with E-state index in [2.05, 4.69) is 44.0 Å². The highest BCUT2D eigenvalue weighted by Crippen LogP contribution is 2.42. The largest absolute Gasteiger partial charge is 0.362 e. The van der Waals surface area contributed by atoms with Crippen LogP contribution < -0.4 is 10.2 Å². The molecule has 0 unspecified atom stereocenters. The van der Waals surface area contributed by atoms with E-state index >= 15 is 0 Å². The van der Waals surface area contributed by atoms with Gasteiger partial charge in [-0.15, -0.1) is 0 Å². The second-order valence-corrected chi connectivity index (χ2v) is 11.1. The van der Waals surface area contributed by atoms with Crippen LogP contribution in [0.15, 0.2) is 47.4 Å². The highest BCUT2D eigenvalue weighted by molar-refractivity contribution is 8.18. The van der Waals surface area contributed by atoms with Crippen molar-refractivity contribution in [3.05, 3.63) is 69.1 Å². The lowest BCUT2D eigenvalue weighted by Gasteiger charge is -2.43. The van der Waals surface area contributed by atoms with Crippen LogP contribution in [-0.4, -0.2) is 40.6 Å². The molecule has 6 nitrogen and oxygen atoms in total. The monoisotopic (exact) mass is 523 g/mol. The molecule has 0 radical (unpaired) electrons. The van der Waals surface area contributed by atoms with Gasteiger partial charge in [-0.1, -0.05) is 42.3 Å². The molecule has 3 amide bonds. The third kappa shape index (κ3) is 5.22. The van der Waals surface area contributed by atoms with Gasteiger partial charge in [-0.2, -0.15) is 0 Å². The molecule has 1 fully saturated rings. The summed E-state index contributed by atoms with van der Waals surface area (Å²) >= 11 is 7.50. The topological polar surface area (TPSA) is 69.7 Å². The number of imide groups is 1. The molecule has 2 heterocycles. The number of anilines is 2. The molecule has 2 aliphatic heterocycles. The Morgan fingerprint density at radius 2 is 1.83 bits per heavy atom. The highest BCUT2D eigenvalue weighted by Gasteiger charge is 2.37. The maximum atomic E-state index is 13.0. The second-order valence-electron chi connectivity index (χ2n) is 9.71. The SMILES string of the molecule is CCCN1c2cc(Cl)c(/C=C3/SC(=O)N(CC(=O)Nc4ccc(C)cc4)C3=O)cc2C(C)=CC1(C)C. The first-order valence-electron chi connectivity index (χ1n) is 11.9. The molecule has 2 aromatic rings. The summed E-state index contributed by atoms with van der Waals surface area (Å²) in [6.45, 7) is 11.1. The molecule has 188 valence electrons. The summed E-state index contributed by atoms with van der Waals surface area (Å²) in [6, 6.07) is 11.2. The number of amides is 3. The van der Waals surface area contributed by atoms with Crippen molar-refractivity contribution in [3.8, 4) is 0 Å². The van der Waals surface area contributed by atoms with Crippen molar-refractivity contribution < 1.29 is 14.4 Å². The summed E-state index contributed by atoms with van der Waals surface area (Å²) in [5.74, 6) is -0.938. The summed E-state index contributed by atoms with van der Waals surface area (Å²) in [5, 5.41) is 2.75. The maximum Gasteiger partial charge on any atom is 0.294 e. The fourth-order valence-electron chi connectivity index (χ4n) is 4.62. The van der Waals surface area contributed by atoms with Gasteiger partial charge in [0.1, 0.15) is 6.54 Å². The van der Waals surface area contributed by atoms with Crippen LogP contribution in [0.2, 0.25) is 5.02 Å². The number of nitrogens with one attached hydrogen (secondary N) is 1. The number of hydrogen-bond acceptors (Lipinski definition) is 5. The van der Waals surface area contributed by atoms with E-state index in [1.165, 1.54) is 0 Å². The number of halogens is 1. The van der Waals surface area contributed by atoms with E-state index < -0.39 is 17.1 Å². The van der Waals surface area contributed by atoms with Crippen LogP contribution in [0.25, 0.3) is 11.6 Å². The molecule has 0 aromatic heterocycles. The second kappa shape index (κ2) is 10.1. The van der Waals surface area contributed by atoms with Gasteiger partial charge in [0, 0.05) is 28.5 Å². The third-order valence-electron chi connectivity index (χ3n) is 6.34. The zero-order valence-electron chi connectivity index (χ0n) is 21.1. The number of carbonyl (C=O) groups excluding carboxylic acids is 3. The number of allylic oxidation sites excluding steroid dienone is 1. The first-order chi connectivity index (χ1) is 17.0. The molecule has 8 heteroatoms. The number of thioether (sulfide) groups is 1. The Morgan fingerprint density at radius 1 is 1.14 bits per heavy atom. The van der Waals surface area contributed by atoms with Crippen LogP contribution in [0, 0.1) is 6.92 Å². The zero-order chi connectivity index (χ0) is 26.2. The van der Waals surface area contributed by atoms with Crippen molar-refractivity contribution in [1.29, 1.82) is 0 Å². The highest BCUT2D eigenvalue weighted by atomic mass is 35.5. The number of benzene rings is 2. The lowest BCUT2D eigenvalue weighted by atomic mass is 9.87. The fourth-order valence-corrected chi connectivity index (χ4v) is 5.66. The van der Waals surface area contributed by atoms with Gasteiger partial charge in [0.25, 0.3) is 11.1 Å². The molecule has 0 spiro atoms. The van der Waals surface area contributed by atoms with Crippen LogP contribution in [0.4, 0.5) is 16.2 Å². The molecule has 4 rings (SSSR count). The molecule has 2 aliphatic rings. The number of aryl methyl sites for hydroxylation is 1. The molecule has 2 aromatic carbocycles. The smallest absolute Gasteiger partial charge is 0.294 e. The lowest BCUT2D eigenvalue weighted by molar-refractivity contribution is -0.127. The number of rotatable bonds is 6. The van der Waals surface area contributed by atoms with Crippen molar-refractivity contribution in [2.75, 3.05) is 23.3 Å². The average molecular weight is 524 g/mol. The zero-order valence-corrected chi connectivity index (χ0v) is 22.7. The lowest BCUT2D eigenvalue weighted by Crippen LogP contribution is -2.45. The van der Waals surface area contributed by atoms with Gasteiger partial charge in [0.15, 0.2) is 0 Å². The summed E-state index contributed by atoms with van der Waals surface area (Å²) in [7, 11) is 0. The number of nitrogens with zero attached hydrogens (tertiary/aromatic N) is 2. The first kappa shape index (κ1) is 26.0. The van der Waals surface area contributed by atoms with Crippen LogP contribution in [0.5, 0.6) is 0 Å². The molecular formula is C28H30ClN3O3S. The molecule has 0 bridgehead atoms. The van der Waals surface area contributed by atoms with Gasteiger partial charge >= 0.3 is 0 Å². The molecule has 1 N–H and O–H groups in total. The van der Waals surface area contributed by atoms with Crippen LogP contribution >= 0.6 is 23.4 Å². The molecule has 0 aliphatic carbocycles. The molecule has 36 heavy (non-hydrogen) atoms. The van der Waals surface area contributed by atoms with Crippen LogP contribution in [0.3, 0.4) is 0 Å². The summed E-state index contributed by atoms with van der Waals surface area (Å²) in [6.07, 6.45) is 4.88. The Hall–Kier alpha value is -3.03. The standard InChI is InChI=1S/C28H30ClN3O3S/c1-6-11-32-23-14-22(29)19(12-21(23)18(3)15-28(32,4)5)13-24-26(34)31(27(35)36-24)16-25(33)30-20-9-7-17(2)8-10-20/h7-10,12-15H,6,11,16H2,1-5H3,(H,30,33)/b24-13+. The maximum absolute atomic E-state index is 13.0. The van der Waals surface area contributed by atoms with Gasteiger partial charge in [0.2, 0.25) is 5.91 Å². The Balaban J connectivity index is 1.57. The van der Waals surface area contributed by atoms with Crippen molar-refractivity contribution in [3.63, 3.8) is 0 Å². The molecule has 0 atom stereocenters. The predicted molar refractivity (Wildman–Crippen MR) is 149 cm³/mol. The van der Waals surface area contributed by atoms with Gasteiger partial charge in [-0.25, -0.2) is 0 Å². The minimum atomic E-state index is -0.501. The van der Waals surface area contributed by atoms with Crippen LogP contribution in [0.1, 0.15) is 50.8 Å². The van der Waals surface area contributed by atoms with Crippen molar-refractivity contribution in [2.45, 2.75) is 46.6 Å². The van der Waals surface area contributed by atoms with E-state index in [-0.39, 0.29) is 17.0 Å². The summed E-state index contributed by atoms with van der Waals surface area (Å²) in [4.78, 5) is 41.6. The van der Waals surface area contributed by atoms with E-state index in [1.807, 2.05) is 31.2 Å². The van der Waals surface area contributed by atoms with E-state index in [1.54, 1.807) is 18.2 Å². The Bertz CT molecular complexity index is 1300. The van der Waals surface area contributed by atoms with E-state index in [0.29, 0.717) is 16.3 Å². The Labute approximate surface area is 221 Å². The molecular weight excluding hydrogens is 494 g/mol. The molecule has 0 saturated carbocycles. The minimum absolute atomic E-state index is 0.139. The van der Waals surface area contributed by atoms with Crippen molar-refractivity contribution in [2.24, 2.45) is 0 Å². The predicted octanol–water partition coefficient (Wildman–Crippen LogP) is 6.74. The average Bonchev–Trinajstić information content (AvgIpc) is 3.06. The van der Waals surface area contributed by atoms with Gasteiger partial charge < -0.3 is 10.2 Å². The van der Waals surface area contributed by atoms with E-state index in [4.69, 9.17) is 11.6 Å². The van der Waals surface area contributed by atoms with E-state index in [0.717, 1.165) is 52.0 Å². The van der Waals surface area contributed by atoms with Gasteiger partial charge in [0.05, 0.1) is 10.4 Å². The summed E-state index contributed by atoms with van der Waals surface area (Å²) in [5.41, 5.74) is 5.44. The first-order valence-corrected chi connectivity index (χ1v) is 13.1. The third-order valence-corrected chi connectivity index (χ3v) is 7.58. The number of fused-ring (bicyclic) bond motifs is 1. The van der Waals surface area contributed by atoms with Gasteiger partial charge in [-0.3, -0.25) is 19.3 Å². The van der Waals surface area contributed by atoms with Gasteiger partial charge in [-0.05, 0) is 87.4 Å². The number of carbonyl (C=O) groups is 3.